The van der Waals surface area contributed by atoms with Gasteiger partial charge in [-0.1, -0.05) is 18.2 Å². The second-order valence-corrected chi connectivity index (χ2v) is 3.56. The summed E-state index contributed by atoms with van der Waals surface area (Å²) >= 11 is 0. The molecule has 1 heterocycles. The minimum absolute atomic E-state index is 0.379. The van der Waals surface area contributed by atoms with Crippen molar-refractivity contribution in [2.24, 2.45) is 5.73 Å². The second kappa shape index (κ2) is 6.56. The molecule has 0 bridgehead atoms. The third-order valence-corrected chi connectivity index (χ3v) is 2.24. The zero-order chi connectivity index (χ0) is 12.6. The highest BCUT2D eigenvalue weighted by Gasteiger charge is 1.97. The summed E-state index contributed by atoms with van der Waals surface area (Å²) in [5.41, 5.74) is 6.16. The molecule has 0 unspecified atom stereocenters. The molecular weight excluding hydrogens is 230 g/mol. The molecule has 0 saturated heterocycles. The highest BCUT2D eigenvalue weighted by atomic mass is 16.5. The van der Waals surface area contributed by atoms with Gasteiger partial charge in [0.1, 0.15) is 19.0 Å². The second-order valence-electron chi connectivity index (χ2n) is 3.56. The number of rotatable bonds is 6. The monoisotopic (exact) mass is 245 g/mol. The van der Waals surface area contributed by atoms with Crippen LogP contribution < -0.4 is 15.2 Å². The van der Waals surface area contributed by atoms with Crippen LogP contribution in [-0.2, 0) is 6.54 Å². The fourth-order valence-corrected chi connectivity index (χ4v) is 1.35. The van der Waals surface area contributed by atoms with Gasteiger partial charge in [0.25, 0.3) is 0 Å². The van der Waals surface area contributed by atoms with Gasteiger partial charge >= 0.3 is 0 Å². The lowest BCUT2D eigenvalue weighted by atomic mass is 10.3. The van der Waals surface area contributed by atoms with Crippen molar-refractivity contribution in [1.82, 2.24) is 9.97 Å². The van der Waals surface area contributed by atoms with E-state index >= 15 is 0 Å². The zero-order valence-corrected chi connectivity index (χ0v) is 9.95. The van der Waals surface area contributed by atoms with Crippen molar-refractivity contribution >= 4 is 0 Å². The van der Waals surface area contributed by atoms with Crippen molar-refractivity contribution in [3.05, 3.63) is 48.4 Å². The molecule has 0 amide bonds. The predicted molar refractivity (Wildman–Crippen MR) is 67.4 cm³/mol. The summed E-state index contributed by atoms with van der Waals surface area (Å²) in [5.74, 6) is 1.30. The molecule has 94 valence electrons. The van der Waals surface area contributed by atoms with Crippen LogP contribution in [-0.4, -0.2) is 23.2 Å². The van der Waals surface area contributed by atoms with Gasteiger partial charge in [-0.05, 0) is 12.1 Å². The molecule has 18 heavy (non-hydrogen) atoms. The maximum atomic E-state index is 5.48. The maximum absolute atomic E-state index is 5.48. The highest BCUT2D eigenvalue weighted by molar-refractivity contribution is 5.20. The Labute approximate surface area is 106 Å². The molecule has 0 spiro atoms. The zero-order valence-electron chi connectivity index (χ0n) is 9.95. The third kappa shape index (κ3) is 3.71. The summed E-state index contributed by atoms with van der Waals surface area (Å²) in [6.45, 7) is 1.26. The van der Waals surface area contributed by atoms with E-state index in [4.69, 9.17) is 15.2 Å². The van der Waals surface area contributed by atoms with Crippen molar-refractivity contribution in [3.8, 4) is 11.6 Å². The molecule has 0 aliphatic rings. The SMILES string of the molecule is NCc1cnc(OCCOc2ccccc2)cn1. The van der Waals surface area contributed by atoms with Crippen LogP contribution in [0.4, 0.5) is 0 Å². The summed E-state index contributed by atoms with van der Waals surface area (Å²) in [6, 6.07) is 9.59. The van der Waals surface area contributed by atoms with Gasteiger partial charge in [0, 0.05) is 6.54 Å². The number of aromatic nitrogens is 2. The number of nitrogens with two attached hydrogens (primary N) is 1. The normalized spacial score (nSPS) is 10.1. The van der Waals surface area contributed by atoms with E-state index in [1.165, 1.54) is 0 Å². The standard InChI is InChI=1S/C13H15N3O2/c14-8-11-9-16-13(10-15-11)18-7-6-17-12-4-2-1-3-5-12/h1-5,9-10H,6-8,14H2. The topological polar surface area (TPSA) is 70.3 Å². The van der Waals surface area contributed by atoms with Gasteiger partial charge in [-0.15, -0.1) is 0 Å². The van der Waals surface area contributed by atoms with Crippen LogP contribution >= 0.6 is 0 Å². The van der Waals surface area contributed by atoms with Gasteiger partial charge in [-0.2, -0.15) is 0 Å². The van der Waals surface area contributed by atoms with Gasteiger partial charge < -0.3 is 15.2 Å². The molecule has 1 aromatic heterocycles. The van der Waals surface area contributed by atoms with E-state index in [0.717, 1.165) is 11.4 Å². The summed E-state index contributed by atoms with van der Waals surface area (Å²) in [7, 11) is 0. The van der Waals surface area contributed by atoms with Crippen LogP contribution in [0.5, 0.6) is 11.6 Å². The Balaban J connectivity index is 1.72. The van der Waals surface area contributed by atoms with E-state index in [2.05, 4.69) is 9.97 Å². The van der Waals surface area contributed by atoms with Crippen LogP contribution in [0.1, 0.15) is 5.69 Å². The fraction of sp³-hybridized carbons (Fsp3) is 0.231. The lowest BCUT2D eigenvalue weighted by molar-refractivity contribution is 0.211. The van der Waals surface area contributed by atoms with Gasteiger partial charge in [-0.3, -0.25) is 4.98 Å². The summed E-state index contributed by atoms with van der Waals surface area (Å²) in [5, 5.41) is 0. The van der Waals surface area contributed by atoms with Gasteiger partial charge in [0.2, 0.25) is 5.88 Å². The molecule has 5 heteroatoms. The maximum Gasteiger partial charge on any atom is 0.232 e. The number of nitrogens with zero attached hydrogens (tertiary/aromatic N) is 2. The van der Waals surface area contributed by atoms with Crippen LogP contribution in [0.3, 0.4) is 0 Å². The quantitative estimate of drug-likeness (QED) is 0.779. The van der Waals surface area contributed by atoms with E-state index in [9.17, 15) is 0 Å². The van der Waals surface area contributed by atoms with Crippen molar-refractivity contribution < 1.29 is 9.47 Å². The molecule has 2 aromatic rings. The number of para-hydroxylation sites is 1. The van der Waals surface area contributed by atoms with E-state index in [1.807, 2.05) is 30.3 Å². The Morgan fingerprint density at radius 3 is 2.39 bits per heavy atom. The van der Waals surface area contributed by atoms with E-state index in [-0.39, 0.29) is 0 Å². The molecule has 5 nitrogen and oxygen atoms in total. The summed E-state index contributed by atoms with van der Waals surface area (Å²) in [4.78, 5) is 8.15. The molecule has 0 radical (unpaired) electrons. The first-order valence-electron chi connectivity index (χ1n) is 5.70. The highest BCUT2D eigenvalue weighted by Crippen LogP contribution is 2.08. The lowest BCUT2D eigenvalue weighted by Gasteiger charge is -2.07. The fourth-order valence-electron chi connectivity index (χ4n) is 1.35. The average molecular weight is 245 g/mol. The molecule has 1 aromatic carbocycles. The minimum atomic E-state index is 0.379. The van der Waals surface area contributed by atoms with Crippen LogP contribution in [0.2, 0.25) is 0 Å². The first-order chi connectivity index (χ1) is 8.88. The number of ether oxygens (including phenoxy) is 2. The van der Waals surface area contributed by atoms with Gasteiger partial charge in [0.05, 0.1) is 18.1 Å². The van der Waals surface area contributed by atoms with E-state index in [1.54, 1.807) is 12.4 Å². The molecular formula is C13H15N3O2. The molecule has 0 aliphatic carbocycles. The molecule has 2 N–H and O–H groups in total. The average Bonchev–Trinajstić information content (AvgIpc) is 2.45. The summed E-state index contributed by atoms with van der Waals surface area (Å²) < 4.78 is 10.9. The number of hydrogen-bond acceptors (Lipinski definition) is 5. The lowest BCUT2D eigenvalue weighted by Crippen LogP contribution is -2.10. The Bertz CT molecular complexity index is 459. The van der Waals surface area contributed by atoms with Gasteiger partial charge in [0.15, 0.2) is 0 Å². The smallest absolute Gasteiger partial charge is 0.232 e. The van der Waals surface area contributed by atoms with Crippen LogP contribution in [0, 0.1) is 0 Å². The Hall–Kier alpha value is -2.14. The summed E-state index contributed by atoms with van der Waals surface area (Å²) in [6.07, 6.45) is 3.16. The molecule has 0 saturated carbocycles. The number of hydrogen-bond donors (Lipinski definition) is 1. The minimum Gasteiger partial charge on any atom is -0.490 e. The van der Waals surface area contributed by atoms with Gasteiger partial charge in [-0.25, -0.2) is 4.98 Å². The Kier molecular flexibility index (Phi) is 4.49. The van der Waals surface area contributed by atoms with Crippen molar-refractivity contribution in [2.45, 2.75) is 6.54 Å². The Morgan fingerprint density at radius 1 is 0.944 bits per heavy atom. The number of benzene rings is 1. The van der Waals surface area contributed by atoms with Crippen LogP contribution in [0.25, 0.3) is 0 Å². The first kappa shape index (κ1) is 12.3. The van der Waals surface area contributed by atoms with E-state index < -0.39 is 0 Å². The largest absolute Gasteiger partial charge is 0.490 e. The first-order valence-corrected chi connectivity index (χ1v) is 5.70. The van der Waals surface area contributed by atoms with Crippen molar-refractivity contribution in [2.75, 3.05) is 13.2 Å². The third-order valence-electron chi connectivity index (χ3n) is 2.24. The van der Waals surface area contributed by atoms with Crippen LogP contribution in [0.15, 0.2) is 42.7 Å². The van der Waals surface area contributed by atoms with E-state index in [0.29, 0.717) is 25.6 Å². The molecule has 0 fully saturated rings. The predicted octanol–water partition coefficient (Wildman–Crippen LogP) is 1.39. The Morgan fingerprint density at radius 2 is 1.72 bits per heavy atom. The molecule has 0 aliphatic heterocycles. The molecule has 0 atom stereocenters. The van der Waals surface area contributed by atoms with Crippen molar-refractivity contribution in [3.63, 3.8) is 0 Å². The van der Waals surface area contributed by atoms with Crippen molar-refractivity contribution in [1.29, 1.82) is 0 Å². The molecule has 2 rings (SSSR count).